The predicted octanol–water partition coefficient (Wildman–Crippen LogP) is 4.96. The van der Waals surface area contributed by atoms with E-state index in [0.717, 1.165) is 19.3 Å². The molecule has 0 unspecified atom stereocenters. The van der Waals surface area contributed by atoms with E-state index in [2.05, 4.69) is 34.6 Å². The van der Waals surface area contributed by atoms with Crippen molar-refractivity contribution in [3.05, 3.63) is 0 Å². The second kappa shape index (κ2) is 4.79. The Hall–Kier alpha value is -0.530. The van der Waals surface area contributed by atoms with E-state index in [0.29, 0.717) is 0 Å². The van der Waals surface area contributed by atoms with Crippen molar-refractivity contribution in [2.24, 2.45) is 16.2 Å². The lowest BCUT2D eigenvalue weighted by molar-refractivity contribution is -0.216. The Morgan fingerprint density at radius 1 is 1.05 bits per heavy atom. The van der Waals surface area contributed by atoms with E-state index in [1.54, 1.807) is 0 Å². The van der Waals surface area contributed by atoms with Gasteiger partial charge in [-0.05, 0) is 40.0 Å². The maximum Gasteiger partial charge on any atom is 0.312 e. The van der Waals surface area contributed by atoms with Crippen molar-refractivity contribution in [1.29, 1.82) is 0 Å². The number of hydrogen-bond acceptors (Lipinski definition) is 2. The van der Waals surface area contributed by atoms with Crippen LogP contribution in [-0.4, -0.2) is 11.6 Å². The fourth-order valence-electron chi connectivity index (χ4n) is 3.11. The van der Waals surface area contributed by atoms with Crippen molar-refractivity contribution in [2.45, 2.75) is 86.7 Å². The number of rotatable bonds is 3. The molecule has 0 heterocycles. The number of carbonyl (C=O) groups is 1. The minimum absolute atomic E-state index is 0.0221. The molecule has 0 atom stereocenters. The molecule has 2 heteroatoms. The van der Waals surface area contributed by atoms with Crippen molar-refractivity contribution < 1.29 is 9.53 Å². The highest BCUT2D eigenvalue weighted by Crippen LogP contribution is 2.56. The molecule has 112 valence electrons. The van der Waals surface area contributed by atoms with Gasteiger partial charge in [-0.2, -0.15) is 0 Å². The average Bonchev–Trinajstić information content (AvgIpc) is 2.26. The third kappa shape index (κ3) is 2.68. The van der Waals surface area contributed by atoms with Gasteiger partial charge in [-0.1, -0.05) is 41.0 Å². The SMILES string of the molecule is CCC(C)(C)C(=O)OC1(C)C(C)(C)CCCC1(C)C. The van der Waals surface area contributed by atoms with E-state index in [4.69, 9.17) is 4.74 Å². The van der Waals surface area contributed by atoms with Gasteiger partial charge in [-0.15, -0.1) is 0 Å². The summed E-state index contributed by atoms with van der Waals surface area (Å²) >= 11 is 0. The first-order chi connectivity index (χ1) is 8.40. The van der Waals surface area contributed by atoms with E-state index in [1.807, 2.05) is 20.8 Å². The summed E-state index contributed by atoms with van der Waals surface area (Å²) in [7, 11) is 0. The van der Waals surface area contributed by atoms with Crippen LogP contribution in [0.3, 0.4) is 0 Å². The lowest BCUT2D eigenvalue weighted by atomic mass is 9.54. The molecule has 0 aromatic carbocycles. The third-order valence-electron chi connectivity index (χ3n) is 5.92. The van der Waals surface area contributed by atoms with Gasteiger partial charge in [0.25, 0.3) is 0 Å². The summed E-state index contributed by atoms with van der Waals surface area (Å²) in [6.07, 6.45) is 4.26. The highest BCUT2D eigenvalue weighted by atomic mass is 16.6. The normalized spacial score (nSPS) is 24.8. The quantitative estimate of drug-likeness (QED) is 0.676. The molecule has 0 aromatic rings. The molecular weight excluding hydrogens is 236 g/mol. The number of carbonyl (C=O) groups excluding carboxylic acids is 1. The molecule has 0 amide bonds. The molecule has 2 nitrogen and oxygen atoms in total. The van der Waals surface area contributed by atoms with Gasteiger partial charge in [0.05, 0.1) is 5.41 Å². The van der Waals surface area contributed by atoms with Crippen molar-refractivity contribution in [3.63, 3.8) is 0 Å². The van der Waals surface area contributed by atoms with E-state index >= 15 is 0 Å². The molecule has 0 radical (unpaired) electrons. The van der Waals surface area contributed by atoms with Crippen LogP contribution in [0.4, 0.5) is 0 Å². The molecular formula is C17H32O2. The lowest BCUT2D eigenvalue weighted by Crippen LogP contribution is -2.59. The van der Waals surface area contributed by atoms with Crippen LogP contribution < -0.4 is 0 Å². The monoisotopic (exact) mass is 268 g/mol. The summed E-state index contributed by atoms with van der Waals surface area (Å²) in [5.41, 5.74) is -0.753. The zero-order valence-electron chi connectivity index (χ0n) is 14.1. The molecule has 1 saturated carbocycles. The van der Waals surface area contributed by atoms with Crippen molar-refractivity contribution in [3.8, 4) is 0 Å². The molecule has 1 rings (SSSR count). The van der Waals surface area contributed by atoms with E-state index in [1.165, 1.54) is 6.42 Å². The first-order valence-corrected chi connectivity index (χ1v) is 7.63. The Bertz CT molecular complexity index is 334. The van der Waals surface area contributed by atoms with Crippen LogP contribution in [-0.2, 0) is 9.53 Å². The van der Waals surface area contributed by atoms with Crippen LogP contribution in [0, 0.1) is 16.2 Å². The van der Waals surface area contributed by atoms with Crippen LogP contribution in [0.1, 0.15) is 81.1 Å². The minimum Gasteiger partial charge on any atom is -0.458 e. The van der Waals surface area contributed by atoms with Gasteiger partial charge in [0, 0.05) is 10.8 Å². The highest BCUT2D eigenvalue weighted by Gasteiger charge is 2.57. The first kappa shape index (κ1) is 16.5. The van der Waals surface area contributed by atoms with Gasteiger partial charge < -0.3 is 4.74 Å². The Kier molecular flexibility index (Phi) is 4.16. The molecule has 0 saturated heterocycles. The van der Waals surface area contributed by atoms with Crippen LogP contribution in [0.5, 0.6) is 0 Å². The molecule has 0 bridgehead atoms. The van der Waals surface area contributed by atoms with E-state index < -0.39 is 11.0 Å². The van der Waals surface area contributed by atoms with Gasteiger partial charge in [-0.25, -0.2) is 0 Å². The number of esters is 1. The Morgan fingerprint density at radius 3 is 1.84 bits per heavy atom. The Morgan fingerprint density at radius 2 is 1.47 bits per heavy atom. The van der Waals surface area contributed by atoms with Gasteiger partial charge >= 0.3 is 5.97 Å². The van der Waals surface area contributed by atoms with E-state index in [-0.39, 0.29) is 16.8 Å². The minimum atomic E-state index is -0.401. The lowest BCUT2D eigenvalue weighted by Gasteiger charge is -2.57. The molecule has 1 aliphatic carbocycles. The fraction of sp³-hybridized carbons (Fsp3) is 0.941. The van der Waals surface area contributed by atoms with E-state index in [9.17, 15) is 4.79 Å². The van der Waals surface area contributed by atoms with Gasteiger partial charge in [0.2, 0.25) is 0 Å². The number of ether oxygens (including phenoxy) is 1. The maximum atomic E-state index is 12.5. The second-order valence-electron chi connectivity index (χ2n) is 8.28. The summed E-state index contributed by atoms with van der Waals surface area (Å²) in [6.45, 7) is 17.1. The molecule has 0 aromatic heterocycles. The summed E-state index contributed by atoms with van der Waals surface area (Å²) in [4.78, 5) is 12.5. The molecule has 0 spiro atoms. The molecule has 19 heavy (non-hydrogen) atoms. The summed E-state index contributed by atoms with van der Waals surface area (Å²) in [6, 6.07) is 0. The predicted molar refractivity (Wildman–Crippen MR) is 80.0 cm³/mol. The summed E-state index contributed by atoms with van der Waals surface area (Å²) in [5, 5.41) is 0. The standard InChI is InChI=1S/C17H32O2/c1-9-14(2,3)13(18)19-17(8)15(4,5)11-10-12-16(17,6)7/h9-12H2,1-8H3. The maximum absolute atomic E-state index is 12.5. The second-order valence-corrected chi connectivity index (χ2v) is 8.28. The van der Waals surface area contributed by atoms with Crippen molar-refractivity contribution >= 4 is 5.97 Å². The van der Waals surface area contributed by atoms with Gasteiger partial charge in [0.1, 0.15) is 5.60 Å². The Balaban J connectivity index is 3.09. The zero-order chi connectivity index (χ0) is 15.1. The van der Waals surface area contributed by atoms with Crippen molar-refractivity contribution in [1.82, 2.24) is 0 Å². The van der Waals surface area contributed by atoms with Crippen LogP contribution in [0.25, 0.3) is 0 Å². The molecule has 1 fully saturated rings. The molecule has 0 N–H and O–H groups in total. The number of hydrogen-bond donors (Lipinski definition) is 0. The van der Waals surface area contributed by atoms with Crippen LogP contribution in [0.2, 0.25) is 0 Å². The highest BCUT2D eigenvalue weighted by molar-refractivity contribution is 5.76. The van der Waals surface area contributed by atoms with Gasteiger partial charge in [0.15, 0.2) is 0 Å². The third-order valence-corrected chi connectivity index (χ3v) is 5.92. The molecule has 1 aliphatic rings. The smallest absolute Gasteiger partial charge is 0.312 e. The summed E-state index contributed by atoms with van der Waals surface area (Å²) in [5.74, 6) is -0.0550. The Labute approximate surface area is 119 Å². The molecule has 0 aliphatic heterocycles. The van der Waals surface area contributed by atoms with Crippen molar-refractivity contribution in [2.75, 3.05) is 0 Å². The zero-order valence-corrected chi connectivity index (χ0v) is 14.1. The van der Waals surface area contributed by atoms with Gasteiger partial charge in [-0.3, -0.25) is 4.79 Å². The largest absolute Gasteiger partial charge is 0.458 e. The topological polar surface area (TPSA) is 26.3 Å². The summed E-state index contributed by atoms with van der Waals surface area (Å²) < 4.78 is 6.13. The van der Waals surface area contributed by atoms with Crippen LogP contribution in [0.15, 0.2) is 0 Å². The first-order valence-electron chi connectivity index (χ1n) is 7.63. The van der Waals surface area contributed by atoms with Crippen LogP contribution >= 0.6 is 0 Å². The fourth-order valence-corrected chi connectivity index (χ4v) is 3.11. The average molecular weight is 268 g/mol.